The van der Waals surface area contributed by atoms with Gasteiger partial charge >= 0.3 is 5.97 Å². The second-order valence-electron chi connectivity index (χ2n) is 6.56. The molecule has 0 aliphatic heterocycles. The molecule has 1 aromatic heterocycles. The van der Waals surface area contributed by atoms with E-state index in [0.717, 1.165) is 10.2 Å². The minimum atomic E-state index is -0.630. The fraction of sp³-hybridized carbons (Fsp3) is 0.217. The van der Waals surface area contributed by atoms with Crippen LogP contribution in [0.1, 0.15) is 29.2 Å². The van der Waals surface area contributed by atoms with Crippen molar-refractivity contribution < 1.29 is 19.1 Å². The molecule has 7 nitrogen and oxygen atoms in total. The number of hydrogen-bond acceptors (Lipinski definition) is 6. The predicted molar refractivity (Wildman–Crippen MR) is 122 cm³/mol. The number of para-hydroxylation sites is 1. The number of aromatic nitrogens is 1. The fourth-order valence-corrected chi connectivity index (χ4v) is 3.74. The Kier molecular flexibility index (Phi) is 7.50. The lowest BCUT2D eigenvalue weighted by Gasteiger charge is -2.18. The van der Waals surface area contributed by atoms with Crippen LogP contribution in [0.25, 0.3) is 16.3 Å². The van der Waals surface area contributed by atoms with E-state index in [0.29, 0.717) is 29.3 Å². The van der Waals surface area contributed by atoms with Crippen molar-refractivity contribution in [1.82, 2.24) is 9.88 Å². The Morgan fingerprint density at radius 3 is 2.45 bits per heavy atom. The molecule has 3 aromatic rings. The number of fused-ring (bicyclic) bond motifs is 1. The standard InChI is InChI=1S/C23H23N3O4S/c1-3-26(4-2)23(29)16-9-11-17(12-10-16)24-20(27)15-30-22(28)14-13-21-25-18-7-5-6-8-19(18)31-21/h5-14H,3-4,15H2,1-2H3,(H,24,27)/b14-13+. The molecule has 0 aliphatic rings. The van der Waals surface area contributed by atoms with Gasteiger partial charge in [-0.05, 0) is 56.3 Å². The van der Waals surface area contributed by atoms with Crippen molar-refractivity contribution >= 4 is 51.1 Å². The Balaban J connectivity index is 1.48. The van der Waals surface area contributed by atoms with Crippen molar-refractivity contribution in [3.8, 4) is 0 Å². The molecular formula is C23H23N3O4S. The fourth-order valence-electron chi connectivity index (χ4n) is 2.87. The molecular weight excluding hydrogens is 414 g/mol. The first-order valence-electron chi connectivity index (χ1n) is 9.89. The first-order chi connectivity index (χ1) is 15.0. The van der Waals surface area contributed by atoms with Crippen molar-refractivity contribution in [3.63, 3.8) is 0 Å². The molecule has 0 spiro atoms. The molecule has 0 saturated carbocycles. The SMILES string of the molecule is CCN(CC)C(=O)c1ccc(NC(=O)COC(=O)/C=C/c2nc3ccccc3s2)cc1. The number of thiazole rings is 1. The lowest BCUT2D eigenvalue weighted by atomic mass is 10.2. The zero-order chi connectivity index (χ0) is 22.2. The van der Waals surface area contributed by atoms with Gasteiger partial charge in [-0.2, -0.15) is 0 Å². The van der Waals surface area contributed by atoms with Gasteiger partial charge in [-0.3, -0.25) is 9.59 Å². The van der Waals surface area contributed by atoms with Gasteiger partial charge in [-0.25, -0.2) is 9.78 Å². The summed E-state index contributed by atoms with van der Waals surface area (Å²) in [6.45, 7) is 4.69. The number of anilines is 1. The van der Waals surface area contributed by atoms with Crippen molar-refractivity contribution in [1.29, 1.82) is 0 Å². The molecule has 0 aliphatic carbocycles. The van der Waals surface area contributed by atoms with Gasteiger partial charge in [0, 0.05) is 30.4 Å². The van der Waals surface area contributed by atoms with Gasteiger partial charge in [0.2, 0.25) is 0 Å². The zero-order valence-corrected chi connectivity index (χ0v) is 18.1. The van der Waals surface area contributed by atoms with E-state index in [1.165, 1.54) is 17.4 Å². The van der Waals surface area contributed by atoms with E-state index in [2.05, 4.69) is 10.3 Å². The summed E-state index contributed by atoms with van der Waals surface area (Å²) >= 11 is 1.46. The average Bonchev–Trinajstić information content (AvgIpc) is 3.20. The second-order valence-corrected chi connectivity index (χ2v) is 7.63. The van der Waals surface area contributed by atoms with E-state index < -0.39 is 18.5 Å². The van der Waals surface area contributed by atoms with Crippen molar-refractivity contribution in [3.05, 3.63) is 65.2 Å². The number of rotatable bonds is 8. The summed E-state index contributed by atoms with van der Waals surface area (Å²) < 4.78 is 6.00. The predicted octanol–water partition coefficient (Wildman–Crippen LogP) is 3.97. The highest BCUT2D eigenvalue weighted by Crippen LogP contribution is 2.22. The smallest absolute Gasteiger partial charge is 0.331 e. The third kappa shape index (κ3) is 5.99. The Hall–Kier alpha value is -3.52. The number of carbonyl (C=O) groups is 3. The number of carbonyl (C=O) groups excluding carboxylic acids is 3. The van der Waals surface area contributed by atoms with Crippen LogP contribution in [0.15, 0.2) is 54.6 Å². The van der Waals surface area contributed by atoms with Crippen LogP contribution < -0.4 is 5.32 Å². The number of nitrogens with zero attached hydrogens (tertiary/aromatic N) is 2. The number of amides is 2. The lowest BCUT2D eigenvalue weighted by Crippen LogP contribution is -2.30. The van der Waals surface area contributed by atoms with Gasteiger partial charge in [-0.1, -0.05) is 12.1 Å². The van der Waals surface area contributed by atoms with E-state index in [9.17, 15) is 14.4 Å². The van der Waals surface area contributed by atoms with Gasteiger partial charge in [-0.15, -0.1) is 11.3 Å². The Morgan fingerprint density at radius 1 is 1.06 bits per heavy atom. The van der Waals surface area contributed by atoms with E-state index in [1.807, 2.05) is 38.1 Å². The Morgan fingerprint density at radius 2 is 1.77 bits per heavy atom. The van der Waals surface area contributed by atoms with E-state index in [-0.39, 0.29) is 5.91 Å². The topological polar surface area (TPSA) is 88.6 Å². The first-order valence-corrected chi connectivity index (χ1v) is 10.7. The molecule has 2 amide bonds. The van der Waals surface area contributed by atoms with E-state index in [1.54, 1.807) is 35.2 Å². The maximum absolute atomic E-state index is 12.3. The Labute approximate surface area is 184 Å². The summed E-state index contributed by atoms with van der Waals surface area (Å²) in [7, 11) is 0. The first kappa shape index (κ1) is 22.2. The van der Waals surface area contributed by atoms with Crippen LogP contribution in [-0.2, 0) is 14.3 Å². The summed E-state index contributed by atoms with van der Waals surface area (Å²) in [5.41, 5.74) is 1.93. The van der Waals surface area contributed by atoms with Crippen molar-refractivity contribution in [2.75, 3.05) is 25.0 Å². The third-order valence-corrected chi connectivity index (χ3v) is 5.49. The molecule has 1 N–H and O–H groups in total. The van der Waals surface area contributed by atoms with Gasteiger partial charge in [0.25, 0.3) is 11.8 Å². The molecule has 160 valence electrons. The van der Waals surface area contributed by atoms with Gasteiger partial charge < -0.3 is 15.0 Å². The molecule has 2 aromatic carbocycles. The summed E-state index contributed by atoms with van der Waals surface area (Å²) in [4.78, 5) is 42.3. The molecule has 0 atom stereocenters. The van der Waals surface area contributed by atoms with E-state index >= 15 is 0 Å². The molecule has 0 unspecified atom stereocenters. The summed E-state index contributed by atoms with van der Waals surface area (Å²) in [5.74, 6) is -1.16. The minimum Gasteiger partial charge on any atom is -0.452 e. The largest absolute Gasteiger partial charge is 0.452 e. The van der Waals surface area contributed by atoms with Gasteiger partial charge in [0.15, 0.2) is 6.61 Å². The molecule has 0 radical (unpaired) electrons. The number of esters is 1. The van der Waals surface area contributed by atoms with Crippen LogP contribution in [0.5, 0.6) is 0 Å². The highest BCUT2D eigenvalue weighted by molar-refractivity contribution is 7.19. The maximum atomic E-state index is 12.3. The molecule has 31 heavy (non-hydrogen) atoms. The summed E-state index contributed by atoms with van der Waals surface area (Å²) in [5, 5.41) is 3.32. The monoisotopic (exact) mass is 437 g/mol. The molecule has 1 heterocycles. The van der Waals surface area contributed by atoms with Gasteiger partial charge in [0.05, 0.1) is 10.2 Å². The minimum absolute atomic E-state index is 0.0586. The molecule has 0 fully saturated rings. The number of nitrogens with one attached hydrogen (secondary N) is 1. The van der Waals surface area contributed by atoms with Crippen LogP contribution in [0.3, 0.4) is 0 Å². The van der Waals surface area contributed by atoms with Gasteiger partial charge in [0.1, 0.15) is 5.01 Å². The summed E-state index contributed by atoms with van der Waals surface area (Å²) in [6.07, 6.45) is 2.81. The lowest BCUT2D eigenvalue weighted by molar-refractivity contribution is -0.142. The van der Waals surface area contributed by atoms with E-state index in [4.69, 9.17) is 4.74 Å². The number of ether oxygens (including phenoxy) is 1. The van der Waals surface area contributed by atoms with Crippen LogP contribution in [0.4, 0.5) is 5.69 Å². The van der Waals surface area contributed by atoms with Crippen molar-refractivity contribution in [2.45, 2.75) is 13.8 Å². The normalized spacial score (nSPS) is 10.9. The quantitative estimate of drug-likeness (QED) is 0.425. The number of hydrogen-bond donors (Lipinski definition) is 1. The molecule has 3 rings (SSSR count). The highest BCUT2D eigenvalue weighted by atomic mass is 32.1. The van der Waals surface area contributed by atoms with Crippen molar-refractivity contribution in [2.24, 2.45) is 0 Å². The van der Waals surface area contributed by atoms with Crippen LogP contribution in [0.2, 0.25) is 0 Å². The second kappa shape index (κ2) is 10.5. The van der Waals surface area contributed by atoms with Crippen LogP contribution >= 0.6 is 11.3 Å². The molecule has 0 bridgehead atoms. The molecule has 0 saturated heterocycles. The van der Waals surface area contributed by atoms with Crippen LogP contribution in [0, 0.1) is 0 Å². The zero-order valence-electron chi connectivity index (χ0n) is 17.3. The Bertz CT molecular complexity index is 1070. The number of benzene rings is 2. The maximum Gasteiger partial charge on any atom is 0.331 e. The van der Waals surface area contributed by atoms with Crippen LogP contribution in [-0.4, -0.2) is 47.4 Å². The highest BCUT2D eigenvalue weighted by Gasteiger charge is 2.12. The third-order valence-electron chi connectivity index (χ3n) is 4.48. The average molecular weight is 438 g/mol. The summed E-state index contributed by atoms with van der Waals surface area (Å²) in [6, 6.07) is 14.3. The molecule has 8 heteroatoms.